The van der Waals surface area contributed by atoms with E-state index in [0.29, 0.717) is 6.42 Å². The molecule has 17 heavy (non-hydrogen) atoms. The van der Waals surface area contributed by atoms with Crippen LogP contribution in [0.25, 0.3) is 0 Å². The van der Waals surface area contributed by atoms with Crippen LogP contribution in [0.2, 0.25) is 0 Å². The second kappa shape index (κ2) is 6.14. The Bertz CT molecular complexity index is 349. The van der Waals surface area contributed by atoms with E-state index in [2.05, 4.69) is 0 Å². The molecule has 96 valence electrons. The zero-order valence-electron chi connectivity index (χ0n) is 10.2. The summed E-state index contributed by atoms with van der Waals surface area (Å²) in [6.45, 7) is 3.60. The van der Waals surface area contributed by atoms with Crippen LogP contribution in [0, 0.1) is 0 Å². The highest BCUT2D eigenvalue weighted by molar-refractivity contribution is 7.10. The van der Waals surface area contributed by atoms with Gasteiger partial charge in [0, 0.05) is 11.4 Å². The van der Waals surface area contributed by atoms with Crippen LogP contribution in [0.4, 0.5) is 0 Å². The number of aliphatic hydroxyl groups is 2. The van der Waals surface area contributed by atoms with Crippen molar-refractivity contribution in [2.24, 2.45) is 0 Å². The maximum absolute atomic E-state index is 12.1. The highest BCUT2D eigenvalue weighted by Crippen LogP contribution is 2.17. The van der Waals surface area contributed by atoms with Gasteiger partial charge in [0.15, 0.2) is 0 Å². The molecule has 5 heteroatoms. The van der Waals surface area contributed by atoms with Gasteiger partial charge in [0.1, 0.15) is 0 Å². The lowest BCUT2D eigenvalue weighted by molar-refractivity contribution is -0.138. The van der Waals surface area contributed by atoms with Gasteiger partial charge >= 0.3 is 0 Å². The highest BCUT2D eigenvalue weighted by atomic mass is 32.1. The third-order valence-electron chi connectivity index (χ3n) is 2.65. The van der Waals surface area contributed by atoms with Crippen molar-refractivity contribution in [3.63, 3.8) is 0 Å². The van der Waals surface area contributed by atoms with Gasteiger partial charge in [0.2, 0.25) is 5.91 Å². The summed E-state index contributed by atoms with van der Waals surface area (Å²) in [6, 6.07) is 3.81. The maximum Gasteiger partial charge on any atom is 0.228 e. The van der Waals surface area contributed by atoms with E-state index in [9.17, 15) is 9.90 Å². The van der Waals surface area contributed by atoms with Crippen molar-refractivity contribution in [2.45, 2.75) is 25.8 Å². The number of thiophene rings is 1. The monoisotopic (exact) mass is 257 g/mol. The number of hydrogen-bond acceptors (Lipinski definition) is 4. The molecule has 0 aromatic carbocycles. The predicted molar refractivity (Wildman–Crippen MR) is 68.0 cm³/mol. The Morgan fingerprint density at radius 1 is 1.47 bits per heavy atom. The fourth-order valence-corrected chi connectivity index (χ4v) is 2.30. The van der Waals surface area contributed by atoms with Crippen LogP contribution in [0.1, 0.15) is 18.7 Å². The van der Waals surface area contributed by atoms with E-state index in [1.54, 1.807) is 13.8 Å². The molecular weight excluding hydrogens is 238 g/mol. The third-order valence-corrected chi connectivity index (χ3v) is 3.52. The smallest absolute Gasteiger partial charge is 0.228 e. The summed E-state index contributed by atoms with van der Waals surface area (Å²) in [5.74, 6) is -0.0689. The summed E-state index contributed by atoms with van der Waals surface area (Å²) >= 11 is 1.53. The molecule has 1 heterocycles. The molecule has 0 unspecified atom stereocenters. The minimum Gasteiger partial charge on any atom is -0.395 e. The van der Waals surface area contributed by atoms with E-state index in [1.165, 1.54) is 16.2 Å². The summed E-state index contributed by atoms with van der Waals surface area (Å²) in [4.78, 5) is 14.6. The fraction of sp³-hybridized carbons (Fsp3) is 0.583. The summed E-state index contributed by atoms with van der Waals surface area (Å²) in [5.41, 5.74) is -0.642. The molecule has 1 amide bonds. The standard InChI is InChI=1S/C12H19NO3S/c1-12(2,9-15)13(5-6-14)11(16)8-10-4-3-7-17-10/h3-4,7,14-15H,5-6,8-9H2,1-2H3. The first-order valence-corrected chi connectivity index (χ1v) is 6.44. The van der Waals surface area contributed by atoms with Crippen LogP contribution in [0.15, 0.2) is 17.5 Å². The van der Waals surface area contributed by atoms with E-state index >= 15 is 0 Å². The van der Waals surface area contributed by atoms with Crippen molar-refractivity contribution in [3.05, 3.63) is 22.4 Å². The predicted octanol–water partition coefficient (Wildman–Crippen LogP) is 0.882. The zero-order chi connectivity index (χ0) is 12.9. The summed E-state index contributed by atoms with van der Waals surface area (Å²) in [7, 11) is 0. The van der Waals surface area contributed by atoms with E-state index in [0.717, 1.165) is 4.88 Å². The van der Waals surface area contributed by atoms with Crippen LogP contribution in [-0.4, -0.2) is 46.3 Å². The van der Waals surface area contributed by atoms with Gasteiger partial charge in [-0.15, -0.1) is 11.3 Å². The van der Waals surface area contributed by atoms with Crippen LogP contribution in [-0.2, 0) is 11.2 Å². The molecule has 0 aliphatic heterocycles. The average Bonchev–Trinajstić information content (AvgIpc) is 2.78. The van der Waals surface area contributed by atoms with Gasteiger partial charge in [-0.2, -0.15) is 0 Å². The van der Waals surface area contributed by atoms with E-state index < -0.39 is 5.54 Å². The molecule has 0 atom stereocenters. The lowest BCUT2D eigenvalue weighted by Crippen LogP contribution is -2.51. The summed E-state index contributed by atoms with van der Waals surface area (Å²) in [6.07, 6.45) is 0.321. The van der Waals surface area contributed by atoms with Crippen molar-refractivity contribution in [1.82, 2.24) is 4.90 Å². The first-order chi connectivity index (χ1) is 8.01. The fourth-order valence-electron chi connectivity index (χ4n) is 1.61. The van der Waals surface area contributed by atoms with Crippen molar-refractivity contribution in [1.29, 1.82) is 0 Å². The van der Waals surface area contributed by atoms with Crippen LogP contribution in [0.5, 0.6) is 0 Å². The number of carbonyl (C=O) groups is 1. The third kappa shape index (κ3) is 3.80. The summed E-state index contributed by atoms with van der Waals surface area (Å²) < 4.78 is 0. The summed E-state index contributed by atoms with van der Waals surface area (Å²) in [5, 5.41) is 20.2. The van der Waals surface area contributed by atoms with Crippen molar-refractivity contribution in [3.8, 4) is 0 Å². The van der Waals surface area contributed by atoms with Crippen LogP contribution < -0.4 is 0 Å². The first-order valence-electron chi connectivity index (χ1n) is 5.56. The molecule has 0 bridgehead atoms. The van der Waals surface area contributed by atoms with Crippen LogP contribution in [0.3, 0.4) is 0 Å². The Balaban J connectivity index is 2.73. The molecule has 2 N–H and O–H groups in total. The quantitative estimate of drug-likeness (QED) is 0.795. The van der Waals surface area contributed by atoms with Crippen molar-refractivity contribution in [2.75, 3.05) is 19.8 Å². The van der Waals surface area contributed by atoms with Gasteiger partial charge < -0.3 is 15.1 Å². The molecule has 0 radical (unpaired) electrons. The second-order valence-electron chi connectivity index (χ2n) is 4.50. The number of β-amino-alcohol motifs (C(OH)–C–C–N with tert-alkyl or cyclic N) is 1. The minimum absolute atomic E-state index is 0.0689. The molecular formula is C12H19NO3S. The Morgan fingerprint density at radius 2 is 2.18 bits per heavy atom. The average molecular weight is 257 g/mol. The molecule has 0 saturated heterocycles. The van der Waals surface area contributed by atoms with Gasteiger partial charge in [-0.05, 0) is 25.3 Å². The number of carbonyl (C=O) groups excluding carboxylic acids is 1. The molecule has 4 nitrogen and oxygen atoms in total. The number of hydrogen-bond donors (Lipinski definition) is 2. The van der Waals surface area contributed by atoms with E-state index in [1.807, 2.05) is 17.5 Å². The van der Waals surface area contributed by atoms with Gasteiger partial charge in [-0.3, -0.25) is 4.79 Å². The Hall–Kier alpha value is -0.910. The molecule has 1 rings (SSSR count). The lowest BCUT2D eigenvalue weighted by Gasteiger charge is -2.37. The molecule has 0 aliphatic carbocycles. The maximum atomic E-state index is 12.1. The number of aliphatic hydroxyl groups excluding tert-OH is 2. The Labute approximate surface area is 106 Å². The molecule has 0 aliphatic rings. The van der Waals surface area contributed by atoms with Gasteiger partial charge in [-0.25, -0.2) is 0 Å². The molecule has 0 spiro atoms. The minimum atomic E-state index is -0.642. The highest BCUT2D eigenvalue weighted by Gasteiger charge is 2.29. The van der Waals surface area contributed by atoms with E-state index in [4.69, 9.17) is 5.11 Å². The topological polar surface area (TPSA) is 60.8 Å². The molecule has 1 aromatic heterocycles. The number of rotatable bonds is 6. The normalized spacial score (nSPS) is 11.5. The Morgan fingerprint density at radius 3 is 2.65 bits per heavy atom. The van der Waals surface area contributed by atoms with Crippen LogP contribution >= 0.6 is 11.3 Å². The van der Waals surface area contributed by atoms with Crippen molar-refractivity contribution >= 4 is 17.2 Å². The van der Waals surface area contributed by atoms with Crippen molar-refractivity contribution < 1.29 is 15.0 Å². The van der Waals surface area contributed by atoms with E-state index in [-0.39, 0.29) is 25.7 Å². The largest absolute Gasteiger partial charge is 0.395 e. The van der Waals surface area contributed by atoms with Gasteiger partial charge in [-0.1, -0.05) is 6.07 Å². The van der Waals surface area contributed by atoms with Gasteiger partial charge in [0.05, 0.1) is 25.2 Å². The Kier molecular flexibility index (Phi) is 5.11. The SMILES string of the molecule is CC(C)(CO)N(CCO)C(=O)Cc1cccs1. The van der Waals surface area contributed by atoms with Gasteiger partial charge in [0.25, 0.3) is 0 Å². The molecule has 0 saturated carbocycles. The number of amides is 1. The first kappa shape index (κ1) is 14.2. The number of nitrogens with zero attached hydrogens (tertiary/aromatic N) is 1. The second-order valence-corrected chi connectivity index (χ2v) is 5.53. The molecule has 1 aromatic rings. The lowest BCUT2D eigenvalue weighted by atomic mass is 10.0. The molecule has 0 fully saturated rings. The zero-order valence-corrected chi connectivity index (χ0v) is 11.0.